The van der Waals surface area contributed by atoms with Crippen molar-refractivity contribution >= 4 is 22.4 Å². The number of carbonyl (C=O) groups excluding carboxylic acids is 1. The van der Waals surface area contributed by atoms with Crippen LogP contribution in [0.1, 0.15) is 39.2 Å². The second kappa shape index (κ2) is 8.36. The molecular formula is C23H30FN3O2S. The molecule has 1 saturated heterocycles. The molecule has 1 N–H and O–H groups in total. The monoisotopic (exact) mass is 431 g/mol. The molecular weight excluding hydrogens is 401 g/mol. The number of benzene rings is 1. The minimum absolute atomic E-state index is 0.0102. The largest absolute Gasteiger partial charge is 0.312 e. The SMILES string of the molecule is C[C@@H]1CN(CC(=O)N2CC(C)(C)c3cc(F)c(S(=O)C4=CCCC=C4)cc32)CCN1. The summed E-state index contributed by atoms with van der Waals surface area (Å²) in [5.74, 6) is -0.457. The molecule has 0 aromatic heterocycles. The van der Waals surface area contributed by atoms with Gasteiger partial charge in [-0.25, -0.2) is 8.60 Å². The smallest absolute Gasteiger partial charge is 0.241 e. The van der Waals surface area contributed by atoms with Crippen molar-refractivity contribution in [2.75, 3.05) is 37.6 Å². The predicted octanol–water partition coefficient (Wildman–Crippen LogP) is 3.09. The summed E-state index contributed by atoms with van der Waals surface area (Å²) >= 11 is 0. The fraction of sp³-hybridized carbons (Fsp3) is 0.522. The van der Waals surface area contributed by atoms with Crippen molar-refractivity contribution in [1.29, 1.82) is 0 Å². The second-order valence-corrected chi connectivity index (χ2v) is 10.6. The molecule has 2 heterocycles. The van der Waals surface area contributed by atoms with Crippen molar-refractivity contribution in [1.82, 2.24) is 10.2 Å². The maximum Gasteiger partial charge on any atom is 0.241 e. The summed E-state index contributed by atoms with van der Waals surface area (Å²) in [4.78, 5) is 17.9. The van der Waals surface area contributed by atoms with Crippen molar-refractivity contribution in [2.45, 2.75) is 50.0 Å². The number of rotatable bonds is 4. The summed E-state index contributed by atoms with van der Waals surface area (Å²) in [6, 6.07) is 3.47. The summed E-state index contributed by atoms with van der Waals surface area (Å²) < 4.78 is 28.0. The third-order valence-corrected chi connectivity index (χ3v) is 7.55. The zero-order valence-electron chi connectivity index (χ0n) is 17.9. The molecule has 4 rings (SSSR count). The summed E-state index contributed by atoms with van der Waals surface area (Å²) in [6.07, 6.45) is 7.40. The third kappa shape index (κ3) is 4.15. The fourth-order valence-corrected chi connectivity index (χ4v) is 5.72. The molecule has 7 heteroatoms. The molecule has 2 atom stereocenters. The predicted molar refractivity (Wildman–Crippen MR) is 119 cm³/mol. The number of nitrogens with one attached hydrogen (secondary N) is 1. The van der Waals surface area contributed by atoms with Crippen LogP contribution in [0.5, 0.6) is 0 Å². The van der Waals surface area contributed by atoms with E-state index in [2.05, 4.69) is 17.1 Å². The van der Waals surface area contributed by atoms with Crippen LogP contribution in [0.15, 0.2) is 40.2 Å². The third-order valence-electron chi connectivity index (χ3n) is 6.11. The Hall–Kier alpha value is -1.83. The molecule has 5 nitrogen and oxygen atoms in total. The molecule has 30 heavy (non-hydrogen) atoms. The lowest BCUT2D eigenvalue weighted by molar-refractivity contribution is -0.120. The number of nitrogens with zero attached hydrogens (tertiary/aromatic N) is 2. The molecule has 162 valence electrons. The van der Waals surface area contributed by atoms with Gasteiger partial charge in [-0.1, -0.05) is 26.0 Å². The van der Waals surface area contributed by atoms with Crippen molar-refractivity contribution in [3.8, 4) is 0 Å². The average molecular weight is 432 g/mol. The van der Waals surface area contributed by atoms with Gasteiger partial charge in [0.25, 0.3) is 0 Å². The van der Waals surface area contributed by atoms with Gasteiger partial charge in [0, 0.05) is 48.2 Å². The Kier molecular flexibility index (Phi) is 5.97. The summed E-state index contributed by atoms with van der Waals surface area (Å²) in [5.41, 5.74) is 1.14. The number of amides is 1. The van der Waals surface area contributed by atoms with Crippen LogP contribution in [0.4, 0.5) is 10.1 Å². The van der Waals surface area contributed by atoms with E-state index >= 15 is 0 Å². The Morgan fingerprint density at radius 1 is 1.33 bits per heavy atom. The van der Waals surface area contributed by atoms with Gasteiger partial charge in [0.1, 0.15) is 5.82 Å². The molecule has 1 aliphatic carbocycles. The molecule has 0 bridgehead atoms. The van der Waals surface area contributed by atoms with Gasteiger partial charge in [-0.15, -0.1) is 0 Å². The minimum atomic E-state index is -1.60. The highest BCUT2D eigenvalue weighted by Crippen LogP contribution is 2.43. The highest BCUT2D eigenvalue weighted by Gasteiger charge is 2.40. The maximum atomic E-state index is 15.0. The fourth-order valence-electron chi connectivity index (χ4n) is 4.52. The van der Waals surface area contributed by atoms with Gasteiger partial charge in [0.15, 0.2) is 0 Å². The first-order chi connectivity index (χ1) is 14.3. The highest BCUT2D eigenvalue weighted by molar-refractivity contribution is 7.89. The van der Waals surface area contributed by atoms with Crippen LogP contribution in [0.2, 0.25) is 0 Å². The zero-order chi connectivity index (χ0) is 21.5. The van der Waals surface area contributed by atoms with Gasteiger partial charge >= 0.3 is 0 Å². The number of hydrogen-bond donors (Lipinski definition) is 1. The second-order valence-electron chi connectivity index (χ2n) is 9.11. The van der Waals surface area contributed by atoms with Crippen LogP contribution in [0, 0.1) is 5.82 Å². The highest BCUT2D eigenvalue weighted by atomic mass is 32.2. The average Bonchev–Trinajstić information content (AvgIpc) is 2.98. The van der Waals surface area contributed by atoms with Crippen molar-refractivity contribution in [3.63, 3.8) is 0 Å². The van der Waals surface area contributed by atoms with E-state index in [1.54, 1.807) is 11.0 Å². The van der Waals surface area contributed by atoms with E-state index in [0.29, 0.717) is 29.7 Å². The molecule has 1 unspecified atom stereocenters. The van der Waals surface area contributed by atoms with Gasteiger partial charge in [-0.2, -0.15) is 0 Å². The molecule has 1 aromatic carbocycles. The van der Waals surface area contributed by atoms with E-state index in [9.17, 15) is 13.4 Å². The van der Waals surface area contributed by atoms with Gasteiger partial charge < -0.3 is 10.2 Å². The van der Waals surface area contributed by atoms with E-state index in [1.807, 2.05) is 32.1 Å². The van der Waals surface area contributed by atoms with Crippen molar-refractivity contribution in [2.24, 2.45) is 0 Å². The first-order valence-electron chi connectivity index (χ1n) is 10.6. The Labute approximate surface area is 180 Å². The number of fused-ring (bicyclic) bond motifs is 1. The van der Waals surface area contributed by atoms with E-state index in [1.165, 1.54) is 6.07 Å². The molecule has 3 aliphatic rings. The Bertz CT molecular complexity index is 941. The summed E-state index contributed by atoms with van der Waals surface area (Å²) in [6.45, 7) is 9.53. The van der Waals surface area contributed by atoms with Gasteiger partial charge in [0.05, 0.1) is 22.2 Å². The molecule has 0 spiro atoms. The molecule has 1 aromatic rings. The van der Waals surface area contributed by atoms with Gasteiger partial charge in [0.2, 0.25) is 5.91 Å². The summed E-state index contributed by atoms with van der Waals surface area (Å²) in [7, 11) is -1.60. The zero-order valence-corrected chi connectivity index (χ0v) is 18.7. The minimum Gasteiger partial charge on any atom is -0.312 e. The molecule has 0 radical (unpaired) electrons. The quantitative estimate of drug-likeness (QED) is 0.796. The normalized spacial score (nSPS) is 24.5. The lowest BCUT2D eigenvalue weighted by atomic mass is 9.87. The lowest BCUT2D eigenvalue weighted by Crippen LogP contribution is -2.52. The van der Waals surface area contributed by atoms with Crippen molar-refractivity contribution in [3.05, 3.63) is 46.6 Å². The number of allylic oxidation sites excluding steroid dienone is 3. The van der Waals surface area contributed by atoms with E-state index in [4.69, 9.17) is 0 Å². The van der Waals surface area contributed by atoms with Crippen LogP contribution in [0.25, 0.3) is 0 Å². The molecule has 1 fully saturated rings. The number of anilines is 1. The summed E-state index contributed by atoms with van der Waals surface area (Å²) in [5, 5.41) is 3.39. The first-order valence-corrected chi connectivity index (χ1v) is 11.8. The van der Waals surface area contributed by atoms with Crippen molar-refractivity contribution < 1.29 is 13.4 Å². The van der Waals surface area contributed by atoms with E-state index < -0.39 is 16.6 Å². The van der Waals surface area contributed by atoms with Gasteiger partial charge in [-0.3, -0.25) is 9.69 Å². The first kappa shape index (κ1) is 21.4. The molecule has 2 aliphatic heterocycles. The van der Waals surface area contributed by atoms with Gasteiger partial charge in [-0.05, 0) is 43.5 Å². The van der Waals surface area contributed by atoms with E-state index in [0.717, 1.165) is 38.0 Å². The number of hydrogen-bond acceptors (Lipinski definition) is 4. The Morgan fingerprint density at radius 3 is 2.83 bits per heavy atom. The lowest BCUT2D eigenvalue weighted by Gasteiger charge is -2.32. The van der Waals surface area contributed by atoms with Crippen LogP contribution in [0.3, 0.4) is 0 Å². The van der Waals surface area contributed by atoms with Crippen LogP contribution in [-0.2, 0) is 21.0 Å². The topological polar surface area (TPSA) is 52.7 Å². The van der Waals surface area contributed by atoms with E-state index in [-0.39, 0.29) is 16.2 Å². The number of halogens is 1. The standard InChI is InChI=1S/C23H30FN3O2S/c1-16-13-26(10-9-25-16)14-22(28)27-15-23(2,3)18-11-19(24)21(12-20(18)27)30(29)17-7-5-4-6-8-17/h5,7-8,11-12,16,25H,4,6,9-10,13-15H2,1-3H3/t16-,30?/m1/s1. The van der Waals surface area contributed by atoms with Crippen LogP contribution < -0.4 is 10.2 Å². The number of carbonyl (C=O) groups is 1. The number of piperazine rings is 1. The molecule has 0 saturated carbocycles. The Balaban J connectivity index is 1.63. The molecule has 1 amide bonds. The van der Waals surface area contributed by atoms with Crippen LogP contribution in [-0.4, -0.2) is 53.8 Å². The maximum absolute atomic E-state index is 15.0. The van der Waals surface area contributed by atoms with Crippen LogP contribution >= 0.6 is 0 Å². The Morgan fingerprint density at radius 2 is 2.13 bits per heavy atom.